The lowest BCUT2D eigenvalue weighted by molar-refractivity contribution is -0.150. The largest absolute Gasteiger partial charge is 0.465 e. The quantitative estimate of drug-likeness (QED) is 0.615. The van der Waals surface area contributed by atoms with Crippen LogP contribution in [0.2, 0.25) is 0 Å². The number of nitrogen functional groups attached to an aromatic ring is 1. The van der Waals surface area contributed by atoms with E-state index >= 15 is 0 Å². The Morgan fingerprint density at radius 1 is 1.25 bits per heavy atom. The molecule has 0 amide bonds. The van der Waals surface area contributed by atoms with E-state index < -0.39 is 0 Å². The summed E-state index contributed by atoms with van der Waals surface area (Å²) in [7, 11) is 0. The molecule has 0 fully saturated rings. The topological polar surface area (TPSA) is 55.6 Å². The molecule has 0 saturated heterocycles. The minimum absolute atomic E-state index is 0.140. The first-order chi connectivity index (χ1) is 9.49. The molecule has 1 atom stereocenters. The highest BCUT2D eigenvalue weighted by molar-refractivity contribution is 5.75. The lowest BCUT2D eigenvalue weighted by Gasteiger charge is -2.33. The van der Waals surface area contributed by atoms with E-state index in [4.69, 9.17) is 10.5 Å². The van der Waals surface area contributed by atoms with E-state index in [1.165, 1.54) is 0 Å². The summed E-state index contributed by atoms with van der Waals surface area (Å²) < 4.78 is 5.18. The van der Waals surface area contributed by atoms with Gasteiger partial charge < -0.3 is 10.5 Å². The third kappa shape index (κ3) is 4.53. The monoisotopic (exact) mass is 278 g/mol. The predicted octanol–water partition coefficient (Wildman–Crippen LogP) is 2.82. The summed E-state index contributed by atoms with van der Waals surface area (Å²) in [5.41, 5.74) is 7.60. The minimum Gasteiger partial charge on any atom is -0.465 e. The van der Waals surface area contributed by atoms with Crippen LogP contribution in [0.3, 0.4) is 0 Å². The normalized spacial score (nSPS) is 12.7. The second-order valence-corrected chi connectivity index (χ2v) is 5.18. The number of rotatable bonds is 7. The van der Waals surface area contributed by atoms with E-state index in [0.717, 1.165) is 24.2 Å². The first-order valence-electron chi connectivity index (χ1n) is 7.26. The summed E-state index contributed by atoms with van der Waals surface area (Å²) in [6.07, 6.45) is 0.742. The molecule has 0 radical (unpaired) electrons. The minimum atomic E-state index is -0.201. The number of hydrogen-bond acceptors (Lipinski definition) is 4. The molecule has 1 rings (SSSR count). The van der Waals surface area contributed by atoms with Gasteiger partial charge in [-0.3, -0.25) is 9.69 Å². The van der Waals surface area contributed by atoms with Crippen LogP contribution < -0.4 is 5.73 Å². The lowest BCUT2D eigenvalue weighted by Crippen LogP contribution is -2.45. The fraction of sp³-hybridized carbons (Fsp3) is 0.562. The average molecular weight is 278 g/mol. The molecule has 112 valence electrons. The number of esters is 1. The number of carbonyl (C=O) groups excluding carboxylic acids is 1. The van der Waals surface area contributed by atoms with Crippen LogP contribution in [0.15, 0.2) is 24.3 Å². The molecule has 1 aromatic carbocycles. The average Bonchev–Trinajstić information content (AvgIpc) is 2.41. The number of nitrogens with two attached hydrogens (primary N) is 1. The summed E-state index contributed by atoms with van der Waals surface area (Å²) in [6, 6.07) is 7.85. The van der Waals surface area contributed by atoms with Gasteiger partial charge >= 0.3 is 5.97 Å². The number of hydrogen-bond donors (Lipinski definition) is 1. The zero-order valence-corrected chi connectivity index (χ0v) is 12.9. The van der Waals surface area contributed by atoms with Gasteiger partial charge in [-0.15, -0.1) is 0 Å². The van der Waals surface area contributed by atoms with Gasteiger partial charge in [0, 0.05) is 18.3 Å². The van der Waals surface area contributed by atoms with Crippen molar-refractivity contribution in [2.24, 2.45) is 0 Å². The molecule has 0 bridgehead atoms. The van der Waals surface area contributed by atoms with Crippen molar-refractivity contribution in [3.63, 3.8) is 0 Å². The molecule has 2 N–H and O–H groups in total. The highest BCUT2D eigenvalue weighted by Crippen LogP contribution is 2.17. The van der Waals surface area contributed by atoms with E-state index in [-0.39, 0.29) is 18.1 Å². The van der Waals surface area contributed by atoms with Gasteiger partial charge in [0.25, 0.3) is 0 Å². The standard InChI is InChI=1S/C16H26N2O2/c1-5-15(16(19)20-6-2)18(12(3)4)11-13-7-9-14(17)10-8-13/h7-10,12,15H,5-6,11,17H2,1-4H3. The fourth-order valence-electron chi connectivity index (χ4n) is 2.26. The van der Waals surface area contributed by atoms with Crippen LogP contribution in [0.5, 0.6) is 0 Å². The van der Waals surface area contributed by atoms with Crippen molar-refractivity contribution in [2.45, 2.75) is 52.7 Å². The maximum absolute atomic E-state index is 12.1. The smallest absolute Gasteiger partial charge is 0.323 e. The van der Waals surface area contributed by atoms with E-state index in [1.54, 1.807) is 0 Å². The molecule has 0 aliphatic rings. The molecule has 4 heteroatoms. The van der Waals surface area contributed by atoms with Gasteiger partial charge in [-0.2, -0.15) is 0 Å². The Balaban J connectivity index is 2.86. The number of anilines is 1. The molecule has 0 aliphatic heterocycles. The number of nitrogens with zero attached hydrogens (tertiary/aromatic N) is 1. The maximum atomic E-state index is 12.1. The lowest BCUT2D eigenvalue weighted by atomic mass is 10.1. The molecular formula is C16H26N2O2. The highest BCUT2D eigenvalue weighted by Gasteiger charge is 2.27. The zero-order chi connectivity index (χ0) is 15.1. The van der Waals surface area contributed by atoms with Crippen molar-refractivity contribution in [1.29, 1.82) is 0 Å². The second kappa shape index (κ2) is 7.90. The van der Waals surface area contributed by atoms with Crippen LogP contribution in [-0.2, 0) is 16.1 Å². The number of carbonyl (C=O) groups is 1. The molecule has 0 heterocycles. The van der Waals surface area contributed by atoms with Crippen molar-refractivity contribution in [2.75, 3.05) is 12.3 Å². The Kier molecular flexibility index (Phi) is 6.52. The van der Waals surface area contributed by atoms with Gasteiger partial charge in [0.1, 0.15) is 6.04 Å². The van der Waals surface area contributed by atoms with Crippen molar-refractivity contribution < 1.29 is 9.53 Å². The fourth-order valence-corrected chi connectivity index (χ4v) is 2.26. The summed E-state index contributed by atoms with van der Waals surface area (Å²) in [6.45, 7) is 9.18. The summed E-state index contributed by atoms with van der Waals surface area (Å²) >= 11 is 0. The summed E-state index contributed by atoms with van der Waals surface area (Å²) in [5, 5.41) is 0. The van der Waals surface area contributed by atoms with E-state index in [0.29, 0.717) is 6.61 Å². The first-order valence-corrected chi connectivity index (χ1v) is 7.26. The SMILES string of the molecule is CCOC(=O)C(CC)N(Cc1ccc(N)cc1)C(C)C. The van der Waals surface area contributed by atoms with Crippen LogP contribution in [0.1, 0.15) is 39.7 Å². The first kappa shape index (κ1) is 16.5. The van der Waals surface area contributed by atoms with Crippen LogP contribution in [0, 0.1) is 0 Å². The Hall–Kier alpha value is -1.55. The third-order valence-electron chi connectivity index (χ3n) is 3.35. The van der Waals surface area contributed by atoms with Gasteiger partial charge in [0.15, 0.2) is 0 Å². The summed E-state index contributed by atoms with van der Waals surface area (Å²) in [5.74, 6) is -0.140. The van der Waals surface area contributed by atoms with Crippen LogP contribution in [0.4, 0.5) is 5.69 Å². The van der Waals surface area contributed by atoms with Gasteiger partial charge in [-0.25, -0.2) is 0 Å². The third-order valence-corrected chi connectivity index (χ3v) is 3.35. The van der Waals surface area contributed by atoms with Gasteiger partial charge in [0.2, 0.25) is 0 Å². The number of ether oxygens (including phenoxy) is 1. The van der Waals surface area contributed by atoms with Crippen molar-refractivity contribution in [3.05, 3.63) is 29.8 Å². The molecule has 0 aromatic heterocycles. The van der Waals surface area contributed by atoms with Crippen LogP contribution in [0.25, 0.3) is 0 Å². The van der Waals surface area contributed by atoms with E-state index in [1.807, 2.05) is 38.1 Å². The van der Waals surface area contributed by atoms with Crippen molar-refractivity contribution in [3.8, 4) is 0 Å². The van der Waals surface area contributed by atoms with Gasteiger partial charge in [-0.1, -0.05) is 19.1 Å². The Morgan fingerprint density at radius 2 is 1.85 bits per heavy atom. The molecule has 4 nitrogen and oxygen atoms in total. The van der Waals surface area contributed by atoms with Crippen molar-refractivity contribution >= 4 is 11.7 Å². The van der Waals surface area contributed by atoms with Crippen LogP contribution >= 0.6 is 0 Å². The number of benzene rings is 1. The van der Waals surface area contributed by atoms with Gasteiger partial charge in [-0.05, 0) is 44.9 Å². The summed E-state index contributed by atoms with van der Waals surface area (Å²) in [4.78, 5) is 14.3. The maximum Gasteiger partial charge on any atom is 0.323 e. The molecule has 20 heavy (non-hydrogen) atoms. The Labute approximate surface area is 121 Å². The highest BCUT2D eigenvalue weighted by atomic mass is 16.5. The van der Waals surface area contributed by atoms with Crippen LogP contribution in [-0.4, -0.2) is 29.6 Å². The molecular weight excluding hydrogens is 252 g/mol. The zero-order valence-electron chi connectivity index (χ0n) is 12.9. The molecule has 1 unspecified atom stereocenters. The van der Waals surface area contributed by atoms with E-state index in [2.05, 4.69) is 18.7 Å². The van der Waals surface area contributed by atoms with Crippen molar-refractivity contribution in [1.82, 2.24) is 4.90 Å². The Morgan fingerprint density at radius 3 is 2.30 bits per heavy atom. The molecule has 0 aliphatic carbocycles. The molecule has 1 aromatic rings. The Bertz CT molecular complexity index is 415. The van der Waals surface area contributed by atoms with Gasteiger partial charge in [0.05, 0.1) is 6.61 Å². The molecule has 0 spiro atoms. The second-order valence-electron chi connectivity index (χ2n) is 5.18. The predicted molar refractivity (Wildman–Crippen MR) is 82.2 cm³/mol. The van der Waals surface area contributed by atoms with E-state index in [9.17, 15) is 4.79 Å². The molecule has 0 saturated carbocycles.